The zero-order valence-electron chi connectivity index (χ0n) is 18.5. The molecule has 1 atom stereocenters. The van der Waals surface area contributed by atoms with Crippen LogP contribution in [0.2, 0.25) is 0 Å². The van der Waals surface area contributed by atoms with Gasteiger partial charge in [-0.15, -0.1) is 11.3 Å². The fourth-order valence-electron chi connectivity index (χ4n) is 4.15. The monoisotopic (exact) mass is 455 g/mol. The molecule has 170 valence electrons. The molecule has 2 aliphatic heterocycles. The lowest BCUT2D eigenvalue weighted by Crippen LogP contribution is -2.49. The third kappa shape index (κ3) is 4.77. The van der Waals surface area contributed by atoms with Gasteiger partial charge in [0.15, 0.2) is 0 Å². The Labute approximate surface area is 192 Å². The van der Waals surface area contributed by atoms with Gasteiger partial charge in [0, 0.05) is 26.2 Å². The van der Waals surface area contributed by atoms with E-state index in [1.54, 1.807) is 11.0 Å². The third-order valence-electron chi connectivity index (χ3n) is 6.07. The van der Waals surface area contributed by atoms with Crippen LogP contribution >= 0.6 is 11.3 Å². The number of carbonyl (C=O) groups excluding carboxylic acids is 3. The number of imide groups is 1. The average Bonchev–Trinajstić information content (AvgIpc) is 3.43. The summed E-state index contributed by atoms with van der Waals surface area (Å²) < 4.78 is 5.40. The molecule has 3 heterocycles. The number of benzene rings is 1. The average molecular weight is 456 g/mol. The number of thiophene rings is 1. The molecule has 1 aromatic carbocycles. The van der Waals surface area contributed by atoms with Gasteiger partial charge in [0.1, 0.15) is 6.04 Å². The van der Waals surface area contributed by atoms with Crippen LogP contribution in [0.5, 0.6) is 0 Å². The van der Waals surface area contributed by atoms with Gasteiger partial charge in [0.05, 0.1) is 30.2 Å². The molecule has 3 amide bonds. The van der Waals surface area contributed by atoms with Crippen LogP contribution in [0.25, 0.3) is 0 Å². The van der Waals surface area contributed by atoms with Crippen molar-refractivity contribution >= 4 is 34.7 Å². The Balaban J connectivity index is 1.55. The zero-order valence-corrected chi connectivity index (χ0v) is 19.3. The second-order valence-corrected chi connectivity index (χ2v) is 9.41. The minimum absolute atomic E-state index is 0.00495. The minimum Gasteiger partial charge on any atom is -0.379 e. The molecule has 0 radical (unpaired) electrons. The van der Waals surface area contributed by atoms with Gasteiger partial charge in [-0.05, 0) is 35.1 Å². The maximum atomic E-state index is 13.4. The van der Waals surface area contributed by atoms with Gasteiger partial charge in [-0.2, -0.15) is 0 Å². The summed E-state index contributed by atoms with van der Waals surface area (Å²) >= 11 is 1.35. The highest BCUT2D eigenvalue weighted by Gasteiger charge is 2.44. The topological polar surface area (TPSA) is 70.2 Å². The van der Waals surface area contributed by atoms with E-state index in [2.05, 4.69) is 18.7 Å². The van der Waals surface area contributed by atoms with E-state index >= 15 is 0 Å². The molecule has 32 heavy (non-hydrogen) atoms. The van der Waals surface area contributed by atoms with E-state index in [4.69, 9.17) is 4.74 Å². The maximum Gasteiger partial charge on any atom is 0.264 e. The summed E-state index contributed by atoms with van der Waals surface area (Å²) in [6, 6.07) is 10.3. The molecule has 1 unspecified atom stereocenters. The summed E-state index contributed by atoms with van der Waals surface area (Å²) in [4.78, 5) is 45.2. The fourth-order valence-corrected chi connectivity index (χ4v) is 4.83. The summed E-state index contributed by atoms with van der Waals surface area (Å²) in [6.07, 6.45) is 0.00495. The smallest absolute Gasteiger partial charge is 0.264 e. The highest BCUT2D eigenvalue weighted by molar-refractivity contribution is 7.12. The van der Waals surface area contributed by atoms with Crippen LogP contribution < -0.4 is 4.90 Å². The quantitative estimate of drug-likeness (QED) is 0.601. The van der Waals surface area contributed by atoms with Gasteiger partial charge in [0.25, 0.3) is 11.8 Å². The molecule has 0 spiro atoms. The summed E-state index contributed by atoms with van der Waals surface area (Å²) in [5.41, 5.74) is 1.70. The maximum absolute atomic E-state index is 13.4. The molecule has 0 aliphatic carbocycles. The van der Waals surface area contributed by atoms with E-state index in [0.717, 1.165) is 18.7 Å². The lowest BCUT2D eigenvalue weighted by atomic mass is 10.0. The van der Waals surface area contributed by atoms with E-state index in [1.807, 2.05) is 35.7 Å². The molecule has 7 nitrogen and oxygen atoms in total. The predicted molar refractivity (Wildman–Crippen MR) is 124 cm³/mol. The first-order chi connectivity index (χ1) is 15.5. The third-order valence-corrected chi connectivity index (χ3v) is 6.93. The molecule has 2 aliphatic rings. The summed E-state index contributed by atoms with van der Waals surface area (Å²) in [5, 5.41) is 1.84. The standard InChI is InChI=1S/C24H29N3O4S/c1-17(2)18-5-7-19(8-6-18)27-22(28)16-20(23(27)29)26(24(30)21-4-3-15-32-21)10-9-25-11-13-31-14-12-25/h3-8,15,17,20H,9-14,16H2,1-2H3. The summed E-state index contributed by atoms with van der Waals surface area (Å²) in [6.45, 7) is 8.15. The summed E-state index contributed by atoms with van der Waals surface area (Å²) in [5.74, 6) is -0.441. The first kappa shape index (κ1) is 22.6. The second-order valence-electron chi connectivity index (χ2n) is 8.46. The second kappa shape index (κ2) is 9.94. The van der Waals surface area contributed by atoms with Gasteiger partial charge in [-0.25, -0.2) is 4.90 Å². The highest BCUT2D eigenvalue weighted by Crippen LogP contribution is 2.28. The van der Waals surface area contributed by atoms with Crippen LogP contribution in [0.15, 0.2) is 41.8 Å². The van der Waals surface area contributed by atoms with Crippen LogP contribution in [0, 0.1) is 0 Å². The number of carbonyl (C=O) groups is 3. The molecule has 4 rings (SSSR count). The number of anilines is 1. The number of ether oxygens (including phenoxy) is 1. The van der Waals surface area contributed by atoms with E-state index in [0.29, 0.717) is 42.8 Å². The molecular formula is C24H29N3O4S. The van der Waals surface area contributed by atoms with E-state index in [1.165, 1.54) is 16.2 Å². The lowest BCUT2D eigenvalue weighted by molar-refractivity contribution is -0.122. The van der Waals surface area contributed by atoms with Crippen molar-refractivity contribution in [3.05, 3.63) is 52.2 Å². The predicted octanol–water partition coefficient (Wildman–Crippen LogP) is 2.98. The number of hydrogen-bond donors (Lipinski definition) is 0. The highest BCUT2D eigenvalue weighted by atomic mass is 32.1. The minimum atomic E-state index is -0.789. The molecule has 0 saturated carbocycles. The SMILES string of the molecule is CC(C)c1ccc(N2C(=O)CC(N(CCN3CCOCC3)C(=O)c3cccs3)C2=O)cc1. The Kier molecular flexibility index (Phi) is 7.03. The van der Waals surface area contributed by atoms with Crippen LogP contribution in [-0.2, 0) is 14.3 Å². The van der Waals surface area contributed by atoms with Gasteiger partial charge in [-0.3, -0.25) is 19.3 Å². The van der Waals surface area contributed by atoms with Crippen molar-refractivity contribution in [3.63, 3.8) is 0 Å². The Morgan fingerprint density at radius 1 is 1.16 bits per heavy atom. The van der Waals surface area contributed by atoms with E-state index < -0.39 is 6.04 Å². The Hall–Kier alpha value is -2.55. The van der Waals surface area contributed by atoms with Gasteiger partial charge < -0.3 is 9.64 Å². The number of morpholine rings is 1. The Morgan fingerprint density at radius 3 is 2.50 bits per heavy atom. The summed E-state index contributed by atoms with van der Waals surface area (Å²) in [7, 11) is 0. The van der Waals surface area contributed by atoms with Crippen LogP contribution in [-0.4, -0.2) is 73.0 Å². The Bertz CT molecular complexity index is 952. The first-order valence-corrected chi connectivity index (χ1v) is 11.9. The van der Waals surface area contributed by atoms with E-state index in [9.17, 15) is 14.4 Å². The Morgan fingerprint density at radius 2 is 1.88 bits per heavy atom. The lowest BCUT2D eigenvalue weighted by Gasteiger charge is -2.32. The van der Waals surface area contributed by atoms with Gasteiger partial charge in [0.2, 0.25) is 5.91 Å². The van der Waals surface area contributed by atoms with E-state index in [-0.39, 0.29) is 24.1 Å². The normalized spacial score (nSPS) is 19.7. The van der Waals surface area contributed by atoms with Gasteiger partial charge in [-0.1, -0.05) is 32.0 Å². The molecule has 0 N–H and O–H groups in total. The molecule has 2 saturated heterocycles. The first-order valence-electron chi connectivity index (χ1n) is 11.1. The molecule has 1 aromatic heterocycles. The fraction of sp³-hybridized carbons (Fsp3) is 0.458. The van der Waals surface area contributed by atoms with Crippen molar-refractivity contribution in [1.29, 1.82) is 0 Å². The molecular weight excluding hydrogens is 426 g/mol. The molecule has 2 fully saturated rings. The number of nitrogens with zero attached hydrogens (tertiary/aromatic N) is 3. The van der Waals surface area contributed by atoms with Crippen molar-refractivity contribution in [2.24, 2.45) is 0 Å². The molecule has 2 aromatic rings. The van der Waals surface area contributed by atoms with Crippen molar-refractivity contribution in [3.8, 4) is 0 Å². The molecule has 0 bridgehead atoms. The van der Waals surface area contributed by atoms with Crippen molar-refractivity contribution in [2.75, 3.05) is 44.3 Å². The number of rotatable bonds is 7. The number of amides is 3. The van der Waals surface area contributed by atoms with Crippen LogP contribution in [0.4, 0.5) is 5.69 Å². The van der Waals surface area contributed by atoms with Crippen molar-refractivity contribution in [1.82, 2.24) is 9.80 Å². The largest absolute Gasteiger partial charge is 0.379 e. The van der Waals surface area contributed by atoms with Crippen LogP contribution in [0.3, 0.4) is 0 Å². The number of hydrogen-bond acceptors (Lipinski definition) is 6. The van der Waals surface area contributed by atoms with Gasteiger partial charge >= 0.3 is 0 Å². The van der Waals surface area contributed by atoms with Crippen molar-refractivity contribution < 1.29 is 19.1 Å². The van der Waals surface area contributed by atoms with Crippen LogP contribution in [0.1, 0.15) is 41.4 Å². The van der Waals surface area contributed by atoms with Crippen molar-refractivity contribution in [2.45, 2.75) is 32.2 Å². The molecule has 8 heteroatoms. The zero-order chi connectivity index (χ0) is 22.7.